The lowest BCUT2D eigenvalue weighted by molar-refractivity contribution is -0.115. The van der Waals surface area contributed by atoms with Crippen molar-refractivity contribution in [2.45, 2.75) is 6.92 Å². The lowest BCUT2D eigenvalue weighted by Crippen LogP contribution is -2.28. The number of halogens is 1. The van der Waals surface area contributed by atoms with Crippen LogP contribution in [0, 0.1) is 0 Å². The van der Waals surface area contributed by atoms with Gasteiger partial charge in [-0.05, 0) is 6.54 Å². The third kappa shape index (κ3) is 2.69. The number of hydrogen-bond donors (Lipinski definition) is 3. The molecule has 8 heteroatoms. The van der Waals surface area contributed by atoms with Crippen molar-refractivity contribution in [1.82, 2.24) is 25.3 Å². The Morgan fingerprint density at radius 1 is 1.53 bits per heavy atom. The zero-order valence-corrected chi connectivity index (χ0v) is 9.88. The highest BCUT2D eigenvalue weighted by Crippen LogP contribution is 2.17. The van der Waals surface area contributed by atoms with E-state index in [9.17, 15) is 4.79 Å². The number of anilines is 1. The first-order chi connectivity index (χ1) is 8.20. The Morgan fingerprint density at radius 3 is 3.12 bits per heavy atom. The molecular formula is C9H11ClN6O. The zero-order chi connectivity index (χ0) is 12.3. The second-order valence-electron chi connectivity index (χ2n) is 3.27. The maximum absolute atomic E-state index is 11.4. The summed E-state index contributed by atoms with van der Waals surface area (Å²) in [5.41, 5.74) is 0.972. The van der Waals surface area contributed by atoms with Crippen molar-refractivity contribution in [3.8, 4) is 0 Å². The molecule has 0 atom stereocenters. The number of amides is 1. The smallest absolute Gasteiger partial charge is 0.240 e. The molecular weight excluding hydrogens is 244 g/mol. The van der Waals surface area contributed by atoms with Crippen molar-refractivity contribution < 1.29 is 4.79 Å². The van der Waals surface area contributed by atoms with Crippen LogP contribution in [0.2, 0.25) is 5.15 Å². The van der Waals surface area contributed by atoms with Crippen LogP contribution in [0.25, 0.3) is 11.2 Å². The first-order valence-electron chi connectivity index (χ1n) is 5.08. The van der Waals surface area contributed by atoms with Crippen molar-refractivity contribution in [3.63, 3.8) is 0 Å². The highest BCUT2D eigenvalue weighted by atomic mass is 35.5. The molecule has 0 saturated carbocycles. The van der Waals surface area contributed by atoms with E-state index in [0.717, 1.165) is 0 Å². The molecule has 7 nitrogen and oxygen atoms in total. The number of H-pyrrole nitrogens is 1. The number of hydrogen-bond acceptors (Lipinski definition) is 5. The molecule has 90 valence electrons. The lowest BCUT2D eigenvalue weighted by atomic mass is 10.5. The van der Waals surface area contributed by atoms with Crippen LogP contribution in [0.5, 0.6) is 0 Å². The summed E-state index contributed by atoms with van der Waals surface area (Å²) in [6.07, 6.45) is 1.47. The molecule has 0 aliphatic heterocycles. The SMILES string of the molecule is CCNCC(=O)Nc1nc(Cl)c2[nH]cnc2n1. The number of aromatic nitrogens is 4. The molecule has 0 fully saturated rings. The number of rotatable bonds is 4. The molecule has 2 aromatic rings. The van der Waals surface area contributed by atoms with Gasteiger partial charge in [0.05, 0.1) is 12.9 Å². The van der Waals surface area contributed by atoms with E-state index in [2.05, 4.69) is 30.6 Å². The van der Waals surface area contributed by atoms with Gasteiger partial charge in [-0.1, -0.05) is 18.5 Å². The van der Waals surface area contributed by atoms with Gasteiger partial charge in [0.25, 0.3) is 0 Å². The third-order valence-electron chi connectivity index (χ3n) is 2.03. The molecule has 2 heterocycles. The van der Waals surface area contributed by atoms with Crippen molar-refractivity contribution in [2.24, 2.45) is 0 Å². The number of imidazole rings is 1. The van der Waals surface area contributed by atoms with Crippen LogP contribution in [0.15, 0.2) is 6.33 Å². The molecule has 0 aromatic carbocycles. The number of carbonyl (C=O) groups is 1. The molecule has 0 unspecified atom stereocenters. The van der Waals surface area contributed by atoms with Crippen molar-refractivity contribution in [1.29, 1.82) is 0 Å². The standard InChI is InChI=1S/C9H11ClN6O/c1-2-11-3-5(17)14-9-15-7(10)6-8(16-9)13-4-12-6/h4,11H,2-3H2,1H3,(H2,12,13,14,15,16,17). The highest BCUT2D eigenvalue weighted by Gasteiger charge is 2.09. The van der Waals surface area contributed by atoms with Gasteiger partial charge in [-0.25, -0.2) is 4.98 Å². The van der Waals surface area contributed by atoms with E-state index in [1.165, 1.54) is 6.33 Å². The van der Waals surface area contributed by atoms with Crippen LogP contribution in [-0.2, 0) is 4.79 Å². The summed E-state index contributed by atoms with van der Waals surface area (Å²) in [4.78, 5) is 26.2. The summed E-state index contributed by atoms with van der Waals surface area (Å²) >= 11 is 5.90. The van der Waals surface area contributed by atoms with Crippen LogP contribution in [0.1, 0.15) is 6.92 Å². The average Bonchev–Trinajstić information content (AvgIpc) is 2.75. The minimum Gasteiger partial charge on any atom is -0.341 e. The van der Waals surface area contributed by atoms with Gasteiger partial charge in [0.15, 0.2) is 10.8 Å². The molecule has 3 N–H and O–H groups in total. The Bertz CT molecular complexity index is 539. The minimum absolute atomic E-state index is 0.150. The van der Waals surface area contributed by atoms with E-state index >= 15 is 0 Å². The van der Waals surface area contributed by atoms with Gasteiger partial charge in [0.1, 0.15) is 5.52 Å². The largest absolute Gasteiger partial charge is 0.341 e. The molecule has 0 saturated heterocycles. The van der Waals surface area contributed by atoms with E-state index in [1.807, 2.05) is 6.92 Å². The van der Waals surface area contributed by atoms with Crippen molar-refractivity contribution in [2.75, 3.05) is 18.4 Å². The van der Waals surface area contributed by atoms with Gasteiger partial charge in [0, 0.05) is 0 Å². The highest BCUT2D eigenvalue weighted by molar-refractivity contribution is 6.33. The number of nitrogens with one attached hydrogen (secondary N) is 3. The fourth-order valence-corrected chi connectivity index (χ4v) is 1.48. The number of aromatic amines is 1. The summed E-state index contributed by atoms with van der Waals surface area (Å²) in [7, 11) is 0. The molecule has 0 spiro atoms. The number of likely N-dealkylation sites (N-methyl/N-ethyl adjacent to an activating group) is 1. The van der Waals surface area contributed by atoms with Crippen LogP contribution in [0.3, 0.4) is 0 Å². The summed E-state index contributed by atoms with van der Waals surface area (Å²) < 4.78 is 0. The monoisotopic (exact) mass is 254 g/mol. The topological polar surface area (TPSA) is 95.6 Å². The fourth-order valence-electron chi connectivity index (χ4n) is 1.26. The molecule has 2 aromatic heterocycles. The quantitative estimate of drug-likeness (QED) is 0.693. The first kappa shape index (κ1) is 11.7. The van der Waals surface area contributed by atoms with Gasteiger partial charge in [-0.2, -0.15) is 9.97 Å². The zero-order valence-electron chi connectivity index (χ0n) is 9.12. The lowest BCUT2D eigenvalue weighted by Gasteiger charge is -2.04. The second-order valence-corrected chi connectivity index (χ2v) is 3.63. The van der Waals surface area contributed by atoms with Gasteiger partial charge in [0.2, 0.25) is 11.9 Å². The summed E-state index contributed by atoms with van der Waals surface area (Å²) in [5.74, 6) is -0.0738. The predicted octanol–water partition coefficient (Wildman–Crippen LogP) is 0.554. The van der Waals surface area contributed by atoms with Crippen LogP contribution in [0.4, 0.5) is 5.95 Å². The van der Waals surface area contributed by atoms with Crippen molar-refractivity contribution in [3.05, 3.63) is 11.5 Å². The van der Waals surface area contributed by atoms with E-state index in [-0.39, 0.29) is 23.6 Å². The molecule has 0 bridgehead atoms. The van der Waals surface area contributed by atoms with E-state index in [0.29, 0.717) is 17.7 Å². The first-order valence-corrected chi connectivity index (χ1v) is 5.45. The van der Waals surface area contributed by atoms with Gasteiger partial charge in [-0.3, -0.25) is 10.1 Å². The van der Waals surface area contributed by atoms with Crippen LogP contribution >= 0.6 is 11.6 Å². The number of carbonyl (C=O) groups excluding carboxylic acids is 1. The molecule has 0 radical (unpaired) electrons. The predicted molar refractivity (Wildman–Crippen MR) is 63.9 cm³/mol. The van der Waals surface area contributed by atoms with Gasteiger partial charge in [-0.15, -0.1) is 0 Å². The Kier molecular flexibility index (Phi) is 3.50. The third-order valence-corrected chi connectivity index (χ3v) is 2.30. The normalized spacial score (nSPS) is 10.7. The fraction of sp³-hybridized carbons (Fsp3) is 0.333. The molecule has 0 aliphatic carbocycles. The van der Waals surface area contributed by atoms with Crippen molar-refractivity contribution >= 4 is 34.6 Å². The Balaban J connectivity index is 2.16. The molecule has 17 heavy (non-hydrogen) atoms. The minimum atomic E-state index is -0.224. The Morgan fingerprint density at radius 2 is 2.35 bits per heavy atom. The van der Waals surface area contributed by atoms with E-state index in [1.54, 1.807) is 0 Å². The molecule has 2 rings (SSSR count). The summed E-state index contributed by atoms with van der Waals surface area (Å²) in [6, 6.07) is 0. The second kappa shape index (κ2) is 5.07. The Hall–Kier alpha value is -1.73. The van der Waals surface area contributed by atoms with Gasteiger partial charge < -0.3 is 10.3 Å². The Labute approximate surface area is 102 Å². The number of nitrogens with zero attached hydrogens (tertiary/aromatic N) is 3. The van der Waals surface area contributed by atoms with E-state index < -0.39 is 0 Å². The molecule has 1 amide bonds. The maximum atomic E-state index is 11.4. The molecule has 0 aliphatic rings. The summed E-state index contributed by atoms with van der Waals surface area (Å²) in [6.45, 7) is 2.83. The van der Waals surface area contributed by atoms with Crippen LogP contribution < -0.4 is 10.6 Å². The maximum Gasteiger partial charge on any atom is 0.240 e. The average molecular weight is 255 g/mol. The van der Waals surface area contributed by atoms with Gasteiger partial charge >= 0.3 is 0 Å². The van der Waals surface area contributed by atoms with E-state index in [4.69, 9.17) is 11.6 Å². The summed E-state index contributed by atoms with van der Waals surface area (Å²) in [5, 5.41) is 5.66. The van der Waals surface area contributed by atoms with Crippen LogP contribution in [-0.4, -0.2) is 38.9 Å². The number of fused-ring (bicyclic) bond motifs is 1.